The number of thioether (sulfide) groups is 1. The molecule has 1 aromatic carbocycles. The fourth-order valence-electron chi connectivity index (χ4n) is 1.64. The van der Waals surface area contributed by atoms with E-state index in [1.165, 1.54) is 16.7 Å². The molecule has 0 radical (unpaired) electrons. The number of nitrogens with one attached hydrogen (secondary N) is 1. The van der Waals surface area contributed by atoms with Gasteiger partial charge in [-0.05, 0) is 36.1 Å². The average molecular weight is 296 g/mol. The molecule has 0 atom stereocenters. The molecular weight excluding hydrogens is 288 g/mol. The zero-order valence-corrected chi connectivity index (χ0v) is 10.6. The summed E-state index contributed by atoms with van der Waals surface area (Å²) in [5, 5.41) is 0. The van der Waals surface area contributed by atoms with Crippen LogP contribution in [0.5, 0.6) is 0 Å². The molecule has 0 saturated carbocycles. The maximum absolute atomic E-state index is 13.6. The highest BCUT2D eigenvalue weighted by Gasteiger charge is 2.27. The van der Waals surface area contributed by atoms with E-state index in [9.17, 15) is 17.6 Å². The largest absolute Gasteiger partial charge is 0.441 e. The summed E-state index contributed by atoms with van der Waals surface area (Å²) in [4.78, 5) is 2.76. The lowest BCUT2D eigenvalue weighted by Crippen LogP contribution is -2.07. The van der Waals surface area contributed by atoms with Gasteiger partial charge in [-0.15, -0.1) is 0 Å². The quantitative estimate of drug-likeness (QED) is 0.680. The number of aromatic amines is 1. The summed E-state index contributed by atoms with van der Waals surface area (Å²) in [5.41, 5.74) is -3.59. The Labute approximate surface area is 109 Å². The van der Waals surface area contributed by atoms with E-state index in [0.717, 1.165) is 0 Å². The first kappa shape index (κ1) is 13.4. The van der Waals surface area contributed by atoms with Crippen LogP contribution >= 0.6 is 24.0 Å². The van der Waals surface area contributed by atoms with Crippen LogP contribution in [0.2, 0.25) is 0 Å². The van der Waals surface area contributed by atoms with Gasteiger partial charge < -0.3 is 9.55 Å². The molecule has 0 aliphatic carbocycles. The molecule has 0 aliphatic heterocycles. The van der Waals surface area contributed by atoms with E-state index in [2.05, 4.69) is 4.98 Å². The first-order valence-corrected chi connectivity index (χ1v) is 6.35. The number of imidazole rings is 1. The van der Waals surface area contributed by atoms with Gasteiger partial charge in [0, 0.05) is 12.3 Å². The summed E-state index contributed by atoms with van der Waals surface area (Å²) >= 11 is 4.82. The number of benzene rings is 1. The zero-order chi connectivity index (χ0) is 13.3. The molecule has 98 valence electrons. The number of hydrogen-bond acceptors (Lipinski definition) is 2. The van der Waals surface area contributed by atoms with E-state index in [4.69, 9.17) is 12.2 Å². The fraction of sp³-hybridized carbons (Fsp3) is 0.300. The molecule has 1 aromatic heterocycles. The van der Waals surface area contributed by atoms with Crippen molar-refractivity contribution in [2.45, 2.75) is 12.1 Å². The average Bonchev–Trinajstić information content (AvgIpc) is 2.55. The topological polar surface area (TPSA) is 20.7 Å². The maximum Gasteiger partial charge on any atom is 0.441 e. The molecule has 18 heavy (non-hydrogen) atoms. The van der Waals surface area contributed by atoms with Crippen LogP contribution in [0.1, 0.15) is 0 Å². The molecule has 1 heterocycles. The molecule has 0 spiro atoms. The second-order valence-electron chi connectivity index (χ2n) is 3.51. The molecule has 0 unspecified atom stereocenters. The highest BCUT2D eigenvalue weighted by Crippen LogP contribution is 2.30. The molecular formula is C10H8F4N2S2. The van der Waals surface area contributed by atoms with Gasteiger partial charge in [-0.2, -0.15) is 13.2 Å². The van der Waals surface area contributed by atoms with Gasteiger partial charge >= 0.3 is 5.51 Å². The van der Waals surface area contributed by atoms with Crippen molar-refractivity contribution in [3.63, 3.8) is 0 Å². The number of halogens is 4. The Morgan fingerprint density at radius 1 is 1.33 bits per heavy atom. The number of para-hydroxylation sites is 1. The number of aromatic nitrogens is 2. The zero-order valence-electron chi connectivity index (χ0n) is 8.92. The molecule has 0 bridgehead atoms. The lowest BCUT2D eigenvalue weighted by molar-refractivity contribution is -0.0328. The Kier molecular flexibility index (Phi) is 3.67. The van der Waals surface area contributed by atoms with Crippen molar-refractivity contribution < 1.29 is 17.6 Å². The summed E-state index contributed by atoms with van der Waals surface area (Å²) in [7, 11) is 0. The van der Waals surface area contributed by atoms with Crippen LogP contribution in [0.15, 0.2) is 18.2 Å². The lowest BCUT2D eigenvalue weighted by Gasteiger charge is -2.07. The van der Waals surface area contributed by atoms with Crippen LogP contribution < -0.4 is 0 Å². The van der Waals surface area contributed by atoms with Crippen molar-refractivity contribution >= 4 is 35.0 Å². The lowest BCUT2D eigenvalue weighted by atomic mass is 10.3. The van der Waals surface area contributed by atoms with E-state index in [-0.39, 0.29) is 34.3 Å². The van der Waals surface area contributed by atoms with Crippen LogP contribution in [-0.4, -0.2) is 20.8 Å². The van der Waals surface area contributed by atoms with Crippen LogP contribution in [0, 0.1) is 10.6 Å². The van der Waals surface area contributed by atoms with E-state index < -0.39 is 11.3 Å². The monoisotopic (exact) mass is 296 g/mol. The third kappa shape index (κ3) is 2.86. The van der Waals surface area contributed by atoms with Gasteiger partial charge in [0.15, 0.2) is 4.77 Å². The Bertz CT molecular complexity index is 614. The van der Waals surface area contributed by atoms with Gasteiger partial charge in [-0.3, -0.25) is 0 Å². The Hall–Kier alpha value is -1.02. The predicted molar refractivity (Wildman–Crippen MR) is 65.6 cm³/mol. The van der Waals surface area contributed by atoms with Gasteiger partial charge in [0.25, 0.3) is 0 Å². The number of hydrogen-bond donors (Lipinski definition) is 1. The number of aryl methyl sites for hydroxylation is 1. The molecule has 0 saturated heterocycles. The highest BCUT2D eigenvalue weighted by atomic mass is 32.2. The van der Waals surface area contributed by atoms with Crippen LogP contribution in [-0.2, 0) is 6.54 Å². The third-order valence-electron chi connectivity index (χ3n) is 2.32. The van der Waals surface area contributed by atoms with E-state index in [0.29, 0.717) is 5.52 Å². The highest BCUT2D eigenvalue weighted by molar-refractivity contribution is 8.00. The third-order valence-corrected chi connectivity index (χ3v) is 3.36. The molecule has 0 amide bonds. The van der Waals surface area contributed by atoms with Crippen LogP contribution in [0.3, 0.4) is 0 Å². The predicted octanol–water partition coefficient (Wildman–Crippen LogP) is 4.09. The van der Waals surface area contributed by atoms with E-state index in [1.807, 2.05) is 0 Å². The smallest absolute Gasteiger partial charge is 0.330 e. The summed E-state index contributed by atoms with van der Waals surface area (Å²) in [6.07, 6.45) is 0. The van der Waals surface area contributed by atoms with Crippen molar-refractivity contribution in [3.05, 3.63) is 28.8 Å². The van der Waals surface area contributed by atoms with Crippen molar-refractivity contribution in [1.82, 2.24) is 9.55 Å². The van der Waals surface area contributed by atoms with Gasteiger partial charge in [-0.25, -0.2) is 4.39 Å². The minimum absolute atomic E-state index is 0.00391. The normalized spacial score (nSPS) is 12.2. The molecule has 2 rings (SSSR count). The van der Waals surface area contributed by atoms with Crippen LogP contribution in [0.4, 0.5) is 17.6 Å². The first-order chi connectivity index (χ1) is 8.38. The second-order valence-corrected chi connectivity index (χ2v) is 5.06. The van der Waals surface area contributed by atoms with Crippen molar-refractivity contribution in [2.24, 2.45) is 0 Å². The summed E-state index contributed by atoms with van der Waals surface area (Å²) in [5.74, 6) is -0.712. The summed E-state index contributed by atoms with van der Waals surface area (Å²) < 4.78 is 51.2. The molecule has 2 nitrogen and oxygen atoms in total. The van der Waals surface area contributed by atoms with Crippen LogP contribution in [0.25, 0.3) is 11.0 Å². The Morgan fingerprint density at radius 2 is 2.06 bits per heavy atom. The molecule has 0 aliphatic rings. The molecule has 1 N–H and O–H groups in total. The van der Waals surface area contributed by atoms with E-state index in [1.54, 1.807) is 6.07 Å². The molecule has 0 fully saturated rings. The minimum Gasteiger partial charge on any atom is -0.330 e. The molecule has 2 aromatic rings. The Morgan fingerprint density at radius 3 is 2.72 bits per heavy atom. The fourth-order valence-corrected chi connectivity index (χ4v) is 2.44. The van der Waals surface area contributed by atoms with Gasteiger partial charge in [0.2, 0.25) is 0 Å². The minimum atomic E-state index is -4.28. The number of fused-ring (bicyclic) bond motifs is 1. The SMILES string of the molecule is Fc1cccc2[nH]c(=S)n(CCSC(F)(F)F)c12. The number of alkyl halides is 3. The maximum atomic E-state index is 13.6. The standard InChI is InChI=1S/C10H8F4N2S2/c11-6-2-1-3-7-8(6)16(9(17)15-7)4-5-18-10(12,13)14/h1-3H,4-5H2,(H,15,17). The summed E-state index contributed by atoms with van der Waals surface area (Å²) in [6, 6.07) is 4.39. The van der Waals surface area contributed by atoms with Crippen molar-refractivity contribution in [1.29, 1.82) is 0 Å². The summed E-state index contributed by atoms with van der Waals surface area (Å²) in [6.45, 7) is 0.00391. The van der Waals surface area contributed by atoms with E-state index >= 15 is 0 Å². The number of H-pyrrole nitrogens is 1. The number of rotatable bonds is 3. The van der Waals surface area contributed by atoms with Crippen molar-refractivity contribution in [2.75, 3.05) is 5.75 Å². The Balaban J connectivity index is 2.28. The first-order valence-electron chi connectivity index (χ1n) is 4.96. The van der Waals surface area contributed by atoms with Gasteiger partial charge in [-0.1, -0.05) is 6.07 Å². The van der Waals surface area contributed by atoms with Gasteiger partial charge in [0.1, 0.15) is 11.3 Å². The van der Waals surface area contributed by atoms with Crippen molar-refractivity contribution in [3.8, 4) is 0 Å². The molecule has 8 heteroatoms. The van der Waals surface area contributed by atoms with Gasteiger partial charge in [0.05, 0.1) is 5.52 Å². The number of nitrogens with zero attached hydrogens (tertiary/aromatic N) is 1. The second kappa shape index (κ2) is 4.93.